The zero-order chi connectivity index (χ0) is 16.7. The van der Waals surface area contributed by atoms with Crippen molar-refractivity contribution in [2.75, 3.05) is 20.3 Å². The van der Waals surface area contributed by atoms with Gasteiger partial charge in [0.1, 0.15) is 0 Å². The fraction of sp³-hybridized carbons (Fsp3) is 0.467. The van der Waals surface area contributed by atoms with Gasteiger partial charge in [0, 0.05) is 6.54 Å². The number of carbonyl (C=O) groups is 2. The van der Waals surface area contributed by atoms with E-state index in [2.05, 4.69) is 21.2 Å². The van der Waals surface area contributed by atoms with Crippen molar-refractivity contribution in [2.24, 2.45) is 0 Å². The van der Waals surface area contributed by atoms with Crippen molar-refractivity contribution < 1.29 is 23.8 Å². The van der Waals surface area contributed by atoms with Crippen molar-refractivity contribution >= 4 is 27.8 Å². The van der Waals surface area contributed by atoms with E-state index in [4.69, 9.17) is 14.2 Å². The summed E-state index contributed by atoms with van der Waals surface area (Å²) in [6, 6.07) is 3.09. The fourth-order valence-corrected chi connectivity index (χ4v) is 2.28. The van der Waals surface area contributed by atoms with Crippen molar-refractivity contribution in [1.82, 2.24) is 5.32 Å². The number of likely N-dealkylation sites (N-methyl/N-ethyl adjacent to an activating group) is 1. The van der Waals surface area contributed by atoms with Gasteiger partial charge in [0.2, 0.25) is 0 Å². The average molecular weight is 374 g/mol. The Bertz CT molecular complexity index is 547. The highest BCUT2D eigenvalue weighted by molar-refractivity contribution is 9.10. The Kier molecular flexibility index (Phi) is 7.17. The Labute approximate surface area is 138 Å². The molecule has 0 aliphatic rings. The van der Waals surface area contributed by atoms with Crippen molar-refractivity contribution in [1.29, 1.82) is 0 Å². The molecule has 6 nitrogen and oxygen atoms in total. The molecule has 0 spiro atoms. The van der Waals surface area contributed by atoms with Gasteiger partial charge in [0.05, 0.1) is 23.8 Å². The van der Waals surface area contributed by atoms with Gasteiger partial charge in [-0.3, -0.25) is 4.79 Å². The molecule has 0 aliphatic carbocycles. The molecule has 0 saturated heterocycles. The molecule has 1 aromatic rings. The molecule has 1 rings (SSSR count). The molecule has 0 saturated carbocycles. The van der Waals surface area contributed by atoms with Gasteiger partial charge in [0.15, 0.2) is 17.6 Å². The third-order valence-electron chi connectivity index (χ3n) is 2.76. The van der Waals surface area contributed by atoms with Gasteiger partial charge in [0.25, 0.3) is 5.91 Å². The first-order valence-electron chi connectivity index (χ1n) is 6.93. The van der Waals surface area contributed by atoms with E-state index >= 15 is 0 Å². The van der Waals surface area contributed by atoms with Crippen LogP contribution in [0.15, 0.2) is 16.6 Å². The lowest BCUT2D eigenvalue weighted by Gasteiger charge is -2.15. The molecule has 1 atom stereocenters. The molecule has 0 bridgehead atoms. The summed E-state index contributed by atoms with van der Waals surface area (Å²) in [6.45, 7) is 6.10. The quantitative estimate of drug-likeness (QED) is 0.743. The third-order valence-corrected chi connectivity index (χ3v) is 3.35. The maximum Gasteiger partial charge on any atom is 0.339 e. The maximum absolute atomic E-state index is 12.1. The Morgan fingerprint density at radius 3 is 2.55 bits per heavy atom. The van der Waals surface area contributed by atoms with E-state index in [1.807, 2.05) is 6.92 Å². The van der Waals surface area contributed by atoms with Crippen LogP contribution in [0.4, 0.5) is 0 Å². The van der Waals surface area contributed by atoms with Gasteiger partial charge in [-0.2, -0.15) is 0 Å². The molecule has 0 radical (unpaired) electrons. The first-order valence-corrected chi connectivity index (χ1v) is 7.72. The Balaban J connectivity index is 2.94. The zero-order valence-corrected chi connectivity index (χ0v) is 14.7. The van der Waals surface area contributed by atoms with Gasteiger partial charge >= 0.3 is 5.97 Å². The standard InChI is InChI=1S/C15H20BrNO5/c1-5-17-14(18)9(3)22-15(19)10-7-11(16)13(21-6-2)12(8-10)20-4/h7-9H,5-6H2,1-4H3,(H,17,18)/t9-/m0/s1. The summed E-state index contributed by atoms with van der Waals surface area (Å²) < 4.78 is 16.4. The highest BCUT2D eigenvalue weighted by atomic mass is 79.9. The van der Waals surface area contributed by atoms with Crippen LogP contribution in [0.1, 0.15) is 31.1 Å². The number of hydrogen-bond donors (Lipinski definition) is 1. The highest BCUT2D eigenvalue weighted by Gasteiger charge is 2.21. The average Bonchev–Trinajstić information content (AvgIpc) is 2.49. The van der Waals surface area contributed by atoms with Crippen LogP contribution in [-0.4, -0.2) is 38.2 Å². The summed E-state index contributed by atoms with van der Waals surface area (Å²) in [5.41, 5.74) is 0.267. The molecule has 0 aliphatic heterocycles. The lowest BCUT2D eigenvalue weighted by Crippen LogP contribution is -2.35. The number of carbonyl (C=O) groups excluding carboxylic acids is 2. The van der Waals surface area contributed by atoms with Crippen LogP contribution in [0, 0.1) is 0 Å². The van der Waals surface area contributed by atoms with Gasteiger partial charge in [-0.1, -0.05) is 0 Å². The van der Waals surface area contributed by atoms with Crippen LogP contribution >= 0.6 is 15.9 Å². The van der Waals surface area contributed by atoms with E-state index in [0.29, 0.717) is 29.1 Å². The van der Waals surface area contributed by atoms with Crippen molar-refractivity contribution in [2.45, 2.75) is 26.9 Å². The van der Waals surface area contributed by atoms with E-state index in [0.717, 1.165) is 0 Å². The molecule has 0 unspecified atom stereocenters. The monoisotopic (exact) mass is 373 g/mol. The van der Waals surface area contributed by atoms with Crippen LogP contribution in [-0.2, 0) is 9.53 Å². The molecule has 22 heavy (non-hydrogen) atoms. The summed E-state index contributed by atoms with van der Waals surface area (Å²) in [6.07, 6.45) is -0.871. The smallest absolute Gasteiger partial charge is 0.339 e. The number of esters is 1. The molecule has 0 heterocycles. The SMILES string of the molecule is CCNC(=O)[C@H](C)OC(=O)c1cc(Br)c(OCC)c(OC)c1. The van der Waals surface area contributed by atoms with Gasteiger partial charge in [-0.15, -0.1) is 0 Å². The topological polar surface area (TPSA) is 73.9 Å². The molecule has 0 fully saturated rings. The summed E-state index contributed by atoms with van der Waals surface area (Å²) >= 11 is 3.34. The number of amides is 1. The number of rotatable bonds is 7. The summed E-state index contributed by atoms with van der Waals surface area (Å²) in [4.78, 5) is 23.7. The van der Waals surface area contributed by atoms with E-state index in [-0.39, 0.29) is 11.5 Å². The first-order chi connectivity index (χ1) is 10.4. The summed E-state index contributed by atoms with van der Waals surface area (Å²) in [5, 5.41) is 2.59. The van der Waals surface area contributed by atoms with Crippen molar-refractivity contribution in [3.63, 3.8) is 0 Å². The molecule has 1 amide bonds. The van der Waals surface area contributed by atoms with Crippen molar-refractivity contribution in [3.8, 4) is 11.5 Å². The zero-order valence-electron chi connectivity index (χ0n) is 13.1. The number of ether oxygens (including phenoxy) is 3. The molecule has 1 aromatic carbocycles. The summed E-state index contributed by atoms with van der Waals surface area (Å²) in [5.74, 6) is -0.0271. The Morgan fingerprint density at radius 1 is 1.32 bits per heavy atom. The first kappa shape index (κ1) is 18.3. The van der Waals surface area contributed by atoms with Crippen LogP contribution in [0.2, 0.25) is 0 Å². The molecule has 0 aromatic heterocycles. The maximum atomic E-state index is 12.1. The minimum absolute atomic E-state index is 0.267. The molecule has 1 N–H and O–H groups in total. The Hall–Kier alpha value is -1.76. The number of nitrogens with one attached hydrogen (secondary N) is 1. The predicted octanol–water partition coefficient (Wildman–Crippen LogP) is 2.54. The number of hydrogen-bond acceptors (Lipinski definition) is 5. The van der Waals surface area contributed by atoms with Crippen LogP contribution in [0.3, 0.4) is 0 Å². The number of halogens is 1. The molecule has 7 heteroatoms. The fourth-order valence-electron chi connectivity index (χ4n) is 1.72. The number of methoxy groups -OCH3 is 1. The van der Waals surface area contributed by atoms with Crippen molar-refractivity contribution in [3.05, 3.63) is 22.2 Å². The second-order valence-electron chi connectivity index (χ2n) is 4.36. The van der Waals surface area contributed by atoms with Gasteiger partial charge in [-0.25, -0.2) is 4.79 Å². The minimum Gasteiger partial charge on any atom is -0.493 e. The predicted molar refractivity (Wildman–Crippen MR) is 85.4 cm³/mol. The van der Waals surface area contributed by atoms with Crippen LogP contribution < -0.4 is 14.8 Å². The number of benzene rings is 1. The van der Waals surface area contributed by atoms with Gasteiger partial charge in [-0.05, 0) is 48.8 Å². The lowest BCUT2D eigenvalue weighted by atomic mass is 10.2. The summed E-state index contributed by atoms with van der Waals surface area (Å²) in [7, 11) is 1.48. The van der Waals surface area contributed by atoms with E-state index in [9.17, 15) is 9.59 Å². The minimum atomic E-state index is -0.871. The van der Waals surface area contributed by atoms with E-state index in [1.165, 1.54) is 20.1 Å². The Morgan fingerprint density at radius 2 is 2.00 bits per heavy atom. The normalized spacial score (nSPS) is 11.5. The van der Waals surface area contributed by atoms with Crippen LogP contribution in [0.25, 0.3) is 0 Å². The van der Waals surface area contributed by atoms with Crippen LogP contribution in [0.5, 0.6) is 11.5 Å². The molecule has 122 valence electrons. The lowest BCUT2D eigenvalue weighted by molar-refractivity contribution is -0.128. The largest absolute Gasteiger partial charge is 0.493 e. The second kappa shape index (κ2) is 8.63. The van der Waals surface area contributed by atoms with Gasteiger partial charge < -0.3 is 19.5 Å². The van der Waals surface area contributed by atoms with E-state index < -0.39 is 12.1 Å². The highest BCUT2D eigenvalue weighted by Crippen LogP contribution is 2.36. The molecular formula is C15H20BrNO5. The third kappa shape index (κ3) is 4.62. The molecular weight excluding hydrogens is 354 g/mol. The second-order valence-corrected chi connectivity index (χ2v) is 5.22. The van der Waals surface area contributed by atoms with E-state index in [1.54, 1.807) is 13.0 Å².